The van der Waals surface area contributed by atoms with Crippen molar-refractivity contribution in [3.8, 4) is 0 Å². The van der Waals surface area contributed by atoms with E-state index < -0.39 is 0 Å². The molecular weight excluding hydrogens is 322 g/mol. The van der Waals surface area contributed by atoms with Crippen LogP contribution >= 0.6 is 15.9 Å². The fourth-order valence-electron chi connectivity index (χ4n) is 2.88. The molecule has 0 spiro atoms. The number of fused-ring (bicyclic) bond motifs is 1. The van der Waals surface area contributed by atoms with E-state index in [2.05, 4.69) is 38.5 Å². The molecule has 2 fully saturated rings. The van der Waals surface area contributed by atoms with Gasteiger partial charge in [-0.05, 0) is 40.3 Å². The van der Waals surface area contributed by atoms with Gasteiger partial charge < -0.3 is 15.4 Å². The summed E-state index contributed by atoms with van der Waals surface area (Å²) in [5.74, 6) is 0.556. The normalized spacial score (nSPS) is 30.9. The minimum Gasteiger partial charge on any atom is -0.380 e. The topological polar surface area (TPSA) is 63.2 Å². The average Bonchev–Trinajstić information content (AvgIpc) is 2.91. The van der Waals surface area contributed by atoms with E-state index in [1.165, 1.54) is 6.42 Å². The molecule has 1 amide bonds. The van der Waals surface area contributed by atoms with Crippen molar-refractivity contribution >= 4 is 27.7 Å². The van der Waals surface area contributed by atoms with E-state index in [9.17, 15) is 4.79 Å². The summed E-state index contributed by atoms with van der Waals surface area (Å²) in [6.07, 6.45) is 2.08. The Morgan fingerprint density at radius 1 is 1.60 bits per heavy atom. The Hall–Kier alpha value is -0.980. The van der Waals surface area contributed by atoms with Gasteiger partial charge in [0, 0.05) is 18.7 Å². The highest BCUT2D eigenvalue weighted by atomic mass is 79.9. The van der Waals surface area contributed by atoms with Crippen LogP contribution in [0.3, 0.4) is 0 Å². The molecule has 3 rings (SSSR count). The van der Waals surface area contributed by atoms with Crippen molar-refractivity contribution < 1.29 is 9.53 Å². The summed E-state index contributed by atoms with van der Waals surface area (Å²) < 4.78 is 5.83. The van der Waals surface area contributed by atoms with Gasteiger partial charge >= 0.3 is 0 Å². The maximum atomic E-state index is 12.3. The largest absolute Gasteiger partial charge is 0.380 e. The molecule has 108 valence electrons. The number of nitrogens with zero attached hydrogens (tertiary/aromatic N) is 1. The molecule has 1 aromatic rings. The number of methoxy groups -OCH3 is 1. The maximum Gasteiger partial charge on any atom is 0.242 e. The van der Waals surface area contributed by atoms with Gasteiger partial charge in [-0.1, -0.05) is 13.0 Å². The van der Waals surface area contributed by atoms with Gasteiger partial charge in [0.2, 0.25) is 5.91 Å². The first kappa shape index (κ1) is 14.0. The van der Waals surface area contributed by atoms with E-state index in [-0.39, 0.29) is 11.9 Å². The van der Waals surface area contributed by atoms with Crippen LogP contribution in [0.5, 0.6) is 0 Å². The number of halogens is 1. The Morgan fingerprint density at radius 2 is 2.40 bits per heavy atom. The van der Waals surface area contributed by atoms with E-state index in [1.807, 2.05) is 12.1 Å². The lowest BCUT2D eigenvalue weighted by Crippen LogP contribution is -2.38. The quantitative estimate of drug-likeness (QED) is 0.824. The Balaban J connectivity index is 1.71. The first-order valence-corrected chi connectivity index (χ1v) is 7.52. The third-order valence-electron chi connectivity index (χ3n) is 4.23. The SMILES string of the molecule is COCc1ccc(Br)nc1NC(=O)[C@@H]1C[C@@]2(C)CC2N1. The Labute approximate surface area is 126 Å². The van der Waals surface area contributed by atoms with Crippen LogP contribution in [-0.2, 0) is 16.1 Å². The molecule has 5 nitrogen and oxygen atoms in total. The zero-order chi connectivity index (χ0) is 14.3. The molecule has 2 aliphatic rings. The summed E-state index contributed by atoms with van der Waals surface area (Å²) in [6.45, 7) is 2.65. The van der Waals surface area contributed by atoms with Crippen LogP contribution in [0.2, 0.25) is 0 Å². The van der Waals surface area contributed by atoms with E-state index in [4.69, 9.17) is 4.74 Å². The number of anilines is 1. The number of amides is 1. The number of nitrogens with one attached hydrogen (secondary N) is 2. The number of ether oxygens (including phenoxy) is 1. The number of hydrogen-bond acceptors (Lipinski definition) is 4. The molecule has 0 radical (unpaired) electrons. The van der Waals surface area contributed by atoms with E-state index >= 15 is 0 Å². The third kappa shape index (κ3) is 2.60. The van der Waals surface area contributed by atoms with Crippen LogP contribution in [0.4, 0.5) is 5.82 Å². The fourth-order valence-corrected chi connectivity index (χ4v) is 3.19. The van der Waals surface area contributed by atoms with E-state index in [1.54, 1.807) is 7.11 Å². The van der Waals surface area contributed by atoms with Crippen molar-refractivity contribution in [1.82, 2.24) is 10.3 Å². The number of carbonyl (C=O) groups excluding carboxylic acids is 1. The maximum absolute atomic E-state index is 12.3. The summed E-state index contributed by atoms with van der Waals surface area (Å²) in [6, 6.07) is 4.13. The first-order valence-electron chi connectivity index (χ1n) is 6.73. The Bertz CT molecular complexity index is 551. The van der Waals surface area contributed by atoms with Gasteiger partial charge in [-0.3, -0.25) is 4.79 Å². The molecule has 1 unspecified atom stereocenters. The first-order chi connectivity index (χ1) is 9.51. The van der Waals surface area contributed by atoms with Crippen LogP contribution in [0.1, 0.15) is 25.3 Å². The highest BCUT2D eigenvalue weighted by Gasteiger charge is 2.58. The van der Waals surface area contributed by atoms with Gasteiger partial charge in [0.1, 0.15) is 10.4 Å². The smallest absolute Gasteiger partial charge is 0.242 e. The lowest BCUT2D eigenvalue weighted by Gasteiger charge is -2.16. The van der Waals surface area contributed by atoms with Gasteiger partial charge in [0.25, 0.3) is 0 Å². The van der Waals surface area contributed by atoms with Gasteiger partial charge in [-0.25, -0.2) is 4.98 Å². The average molecular weight is 340 g/mol. The Morgan fingerprint density at radius 3 is 3.05 bits per heavy atom. The number of aromatic nitrogens is 1. The molecule has 2 heterocycles. The molecule has 2 N–H and O–H groups in total. The number of pyridine rings is 1. The van der Waals surface area contributed by atoms with Crippen molar-refractivity contribution in [3.63, 3.8) is 0 Å². The summed E-state index contributed by atoms with van der Waals surface area (Å²) in [7, 11) is 1.63. The van der Waals surface area contributed by atoms with Crippen LogP contribution in [0, 0.1) is 5.41 Å². The number of piperidine rings is 1. The predicted octanol–water partition coefficient (Wildman–Crippen LogP) is 2.07. The molecule has 1 aliphatic carbocycles. The summed E-state index contributed by atoms with van der Waals surface area (Å²) in [4.78, 5) is 16.6. The van der Waals surface area contributed by atoms with E-state index in [0.29, 0.717) is 28.5 Å². The van der Waals surface area contributed by atoms with Crippen molar-refractivity contribution in [3.05, 3.63) is 22.3 Å². The Kier molecular flexibility index (Phi) is 3.56. The molecule has 0 bridgehead atoms. The molecule has 20 heavy (non-hydrogen) atoms. The predicted molar refractivity (Wildman–Crippen MR) is 79.3 cm³/mol. The van der Waals surface area contributed by atoms with Gasteiger partial charge in [0.15, 0.2) is 0 Å². The van der Waals surface area contributed by atoms with Gasteiger partial charge in [-0.15, -0.1) is 0 Å². The highest BCUT2D eigenvalue weighted by molar-refractivity contribution is 9.10. The van der Waals surface area contributed by atoms with Crippen molar-refractivity contribution in [2.24, 2.45) is 5.41 Å². The molecule has 1 aliphatic heterocycles. The minimum absolute atomic E-state index is 0.0126. The van der Waals surface area contributed by atoms with Crippen LogP contribution in [0.25, 0.3) is 0 Å². The molecular formula is C14H18BrN3O2. The number of rotatable bonds is 4. The molecule has 6 heteroatoms. The number of carbonyl (C=O) groups is 1. The molecule has 1 aromatic heterocycles. The highest BCUT2D eigenvalue weighted by Crippen LogP contribution is 2.53. The zero-order valence-corrected chi connectivity index (χ0v) is 13.2. The van der Waals surface area contributed by atoms with Gasteiger partial charge in [0.05, 0.1) is 12.6 Å². The van der Waals surface area contributed by atoms with Crippen LogP contribution in [0.15, 0.2) is 16.7 Å². The second-order valence-electron chi connectivity index (χ2n) is 5.90. The molecule has 3 atom stereocenters. The second kappa shape index (κ2) is 5.09. The summed E-state index contributed by atoms with van der Waals surface area (Å²) in [5, 5.41) is 6.29. The monoisotopic (exact) mass is 339 g/mol. The molecule has 1 saturated heterocycles. The summed E-state index contributed by atoms with van der Waals surface area (Å²) in [5.41, 5.74) is 1.20. The second-order valence-corrected chi connectivity index (χ2v) is 6.71. The molecule has 1 saturated carbocycles. The standard InChI is InChI=1S/C14H18BrN3O2/c1-14-5-9(16-10(14)6-14)13(19)18-12-8(7-20-2)3-4-11(15)17-12/h3-4,9-10,16H,5-7H2,1-2H3,(H,17,18,19)/t9-,10?,14-/m0/s1. The third-order valence-corrected chi connectivity index (χ3v) is 4.67. The summed E-state index contributed by atoms with van der Waals surface area (Å²) >= 11 is 3.33. The van der Waals surface area contributed by atoms with Crippen LogP contribution < -0.4 is 10.6 Å². The lowest BCUT2D eigenvalue weighted by molar-refractivity contribution is -0.118. The number of hydrogen-bond donors (Lipinski definition) is 2. The fraction of sp³-hybridized carbons (Fsp3) is 0.571. The van der Waals surface area contributed by atoms with Crippen molar-refractivity contribution in [2.45, 2.75) is 38.5 Å². The lowest BCUT2D eigenvalue weighted by atomic mass is 10.0. The minimum atomic E-state index is -0.116. The van der Waals surface area contributed by atoms with Crippen molar-refractivity contribution in [2.75, 3.05) is 12.4 Å². The zero-order valence-electron chi connectivity index (χ0n) is 11.6. The van der Waals surface area contributed by atoms with E-state index in [0.717, 1.165) is 12.0 Å². The van der Waals surface area contributed by atoms with Gasteiger partial charge in [-0.2, -0.15) is 0 Å². The van der Waals surface area contributed by atoms with Crippen LogP contribution in [-0.4, -0.2) is 30.1 Å². The van der Waals surface area contributed by atoms with Crippen molar-refractivity contribution in [1.29, 1.82) is 0 Å². The molecule has 0 aromatic carbocycles.